The van der Waals surface area contributed by atoms with Gasteiger partial charge in [0.15, 0.2) is 11.6 Å². The van der Waals surface area contributed by atoms with Crippen molar-refractivity contribution in [1.29, 1.82) is 0 Å². The first-order valence-electron chi connectivity index (χ1n) is 7.15. The fourth-order valence-electron chi connectivity index (χ4n) is 1.92. The third kappa shape index (κ3) is 6.64. The molecule has 118 valence electrons. The van der Waals surface area contributed by atoms with Crippen LogP contribution in [0, 0.1) is 11.6 Å². The molecule has 0 atom stereocenters. The molecule has 0 aliphatic carbocycles. The van der Waals surface area contributed by atoms with E-state index in [0.29, 0.717) is 13.0 Å². The zero-order valence-electron chi connectivity index (χ0n) is 12.2. The van der Waals surface area contributed by atoms with Gasteiger partial charge in [-0.05, 0) is 31.5 Å². The van der Waals surface area contributed by atoms with Crippen molar-refractivity contribution in [3.05, 3.63) is 29.8 Å². The van der Waals surface area contributed by atoms with Gasteiger partial charge in [0, 0.05) is 24.9 Å². The maximum Gasteiger partial charge on any atom is 0.238 e. The van der Waals surface area contributed by atoms with Gasteiger partial charge >= 0.3 is 0 Å². The van der Waals surface area contributed by atoms with E-state index in [-0.39, 0.29) is 24.7 Å². The quantitative estimate of drug-likeness (QED) is 0.736. The van der Waals surface area contributed by atoms with E-state index in [1.807, 2.05) is 4.90 Å². The van der Waals surface area contributed by atoms with Crippen LogP contribution in [0.3, 0.4) is 0 Å². The molecule has 0 bridgehead atoms. The van der Waals surface area contributed by atoms with Crippen LogP contribution in [0.15, 0.2) is 18.2 Å². The van der Waals surface area contributed by atoms with Crippen molar-refractivity contribution in [3.63, 3.8) is 0 Å². The number of halogens is 2. The van der Waals surface area contributed by atoms with Gasteiger partial charge in [0.25, 0.3) is 0 Å². The summed E-state index contributed by atoms with van der Waals surface area (Å²) >= 11 is 0. The molecule has 0 aliphatic heterocycles. The molecule has 0 aromatic heterocycles. The second-order valence-electron chi connectivity index (χ2n) is 4.88. The van der Waals surface area contributed by atoms with Gasteiger partial charge in [-0.2, -0.15) is 0 Å². The maximum absolute atomic E-state index is 13.1. The summed E-state index contributed by atoms with van der Waals surface area (Å²) < 4.78 is 25.9. The molecule has 0 aliphatic rings. The lowest BCUT2D eigenvalue weighted by Gasteiger charge is -2.21. The Balaban J connectivity index is 2.53. The number of carbonyl (C=O) groups excluding carboxylic acids is 1. The summed E-state index contributed by atoms with van der Waals surface area (Å²) in [5.41, 5.74) is 0.233. The molecule has 6 heteroatoms. The fraction of sp³-hybridized carbons (Fsp3) is 0.533. The Hall–Kier alpha value is -1.53. The summed E-state index contributed by atoms with van der Waals surface area (Å²) in [6, 6.07) is 3.25. The van der Waals surface area contributed by atoms with Gasteiger partial charge in [0.1, 0.15) is 0 Å². The van der Waals surface area contributed by atoms with Crippen molar-refractivity contribution < 1.29 is 18.7 Å². The maximum atomic E-state index is 13.1. The molecular formula is C15H22F2N2O2. The number of hydrogen-bond donors (Lipinski definition) is 2. The van der Waals surface area contributed by atoms with Crippen molar-refractivity contribution >= 4 is 11.6 Å². The highest BCUT2D eigenvalue weighted by molar-refractivity contribution is 5.92. The van der Waals surface area contributed by atoms with Crippen LogP contribution in [-0.4, -0.2) is 42.2 Å². The molecule has 1 amide bonds. The van der Waals surface area contributed by atoms with Crippen molar-refractivity contribution in [2.45, 2.75) is 26.2 Å². The molecule has 0 unspecified atom stereocenters. The van der Waals surface area contributed by atoms with Crippen LogP contribution in [0.1, 0.15) is 26.2 Å². The Labute approximate surface area is 123 Å². The summed E-state index contributed by atoms with van der Waals surface area (Å²) in [5.74, 6) is -2.22. The van der Waals surface area contributed by atoms with E-state index in [4.69, 9.17) is 5.11 Å². The minimum absolute atomic E-state index is 0.0768. The van der Waals surface area contributed by atoms with Crippen LogP contribution in [-0.2, 0) is 4.79 Å². The predicted molar refractivity (Wildman–Crippen MR) is 78.0 cm³/mol. The number of aliphatic hydroxyl groups is 1. The molecule has 1 rings (SSSR count). The topological polar surface area (TPSA) is 52.6 Å². The van der Waals surface area contributed by atoms with Gasteiger partial charge in [-0.25, -0.2) is 8.78 Å². The van der Waals surface area contributed by atoms with Crippen LogP contribution < -0.4 is 5.32 Å². The smallest absolute Gasteiger partial charge is 0.238 e. The Kier molecular flexibility index (Phi) is 7.85. The van der Waals surface area contributed by atoms with Crippen molar-refractivity contribution in [1.82, 2.24) is 4.90 Å². The number of nitrogens with one attached hydrogen (secondary N) is 1. The van der Waals surface area contributed by atoms with E-state index >= 15 is 0 Å². The first kappa shape index (κ1) is 17.5. The number of unbranched alkanes of at least 4 members (excludes halogenated alkanes) is 1. The summed E-state index contributed by atoms with van der Waals surface area (Å²) in [7, 11) is 0. The average molecular weight is 300 g/mol. The molecule has 21 heavy (non-hydrogen) atoms. The normalized spacial score (nSPS) is 10.9. The Morgan fingerprint density at radius 1 is 1.24 bits per heavy atom. The highest BCUT2D eigenvalue weighted by atomic mass is 19.2. The number of aliphatic hydroxyl groups excluding tert-OH is 1. The van der Waals surface area contributed by atoms with Crippen LogP contribution in [0.4, 0.5) is 14.5 Å². The summed E-state index contributed by atoms with van der Waals surface area (Å²) in [4.78, 5) is 13.9. The third-order valence-corrected chi connectivity index (χ3v) is 3.03. The molecule has 4 nitrogen and oxygen atoms in total. The summed E-state index contributed by atoms with van der Waals surface area (Å²) in [6.45, 7) is 3.70. The summed E-state index contributed by atoms with van der Waals surface area (Å²) in [6.07, 6.45) is 2.58. The van der Waals surface area contributed by atoms with Crippen molar-refractivity contribution in [2.75, 3.05) is 31.6 Å². The molecule has 0 saturated heterocycles. The van der Waals surface area contributed by atoms with Crippen LogP contribution in [0.5, 0.6) is 0 Å². The molecule has 0 fully saturated rings. The first-order chi connectivity index (χ1) is 10.1. The molecule has 1 aromatic carbocycles. The van der Waals surface area contributed by atoms with Gasteiger partial charge in [-0.3, -0.25) is 9.69 Å². The lowest BCUT2D eigenvalue weighted by atomic mass is 10.2. The molecule has 0 heterocycles. The molecule has 1 aromatic rings. The molecule has 0 radical (unpaired) electrons. The van der Waals surface area contributed by atoms with E-state index in [2.05, 4.69) is 12.2 Å². The second kappa shape index (κ2) is 9.41. The number of amides is 1. The minimum Gasteiger partial charge on any atom is -0.396 e. The van der Waals surface area contributed by atoms with Crippen LogP contribution in [0.2, 0.25) is 0 Å². The Morgan fingerprint density at radius 2 is 1.95 bits per heavy atom. The monoisotopic (exact) mass is 300 g/mol. The van der Waals surface area contributed by atoms with Crippen LogP contribution in [0.25, 0.3) is 0 Å². The largest absolute Gasteiger partial charge is 0.396 e. The van der Waals surface area contributed by atoms with E-state index in [0.717, 1.165) is 31.5 Å². The molecule has 0 spiro atoms. The van der Waals surface area contributed by atoms with Gasteiger partial charge in [0.2, 0.25) is 5.91 Å². The number of hydrogen-bond acceptors (Lipinski definition) is 3. The van der Waals surface area contributed by atoms with Gasteiger partial charge in [0.05, 0.1) is 6.54 Å². The van der Waals surface area contributed by atoms with Crippen LogP contribution >= 0.6 is 0 Å². The lowest BCUT2D eigenvalue weighted by Crippen LogP contribution is -2.35. The van der Waals surface area contributed by atoms with Gasteiger partial charge in [-0.15, -0.1) is 0 Å². The van der Waals surface area contributed by atoms with E-state index in [1.54, 1.807) is 0 Å². The summed E-state index contributed by atoms with van der Waals surface area (Å²) in [5, 5.41) is 11.4. The Morgan fingerprint density at radius 3 is 2.57 bits per heavy atom. The first-order valence-corrected chi connectivity index (χ1v) is 7.15. The van der Waals surface area contributed by atoms with Gasteiger partial charge in [-0.1, -0.05) is 13.3 Å². The third-order valence-electron chi connectivity index (χ3n) is 3.03. The SMILES string of the molecule is CCCCN(CCCO)CC(=O)Nc1ccc(F)c(F)c1. The zero-order valence-corrected chi connectivity index (χ0v) is 12.2. The van der Waals surface area contributed by atoms with E-state index in [1.165, 1.54) is 6.07 Å². The number of nitrogens with zero attached hydrogens (tertiary/aromatic N) is 1. The van der Waals surface area contributed by atoms with E-state index < -0.39 is 11.6 Å². The van der Waals surface area contributed by atoms with Crippen molar-refractivity contribution in [2.24, 2.45) is 0 Å². The highest BCUT2D eigenvalue weighted by Gasteiger charge is 2.11. The van der Waals surface area contributed by atoms with Crippen molar-refractivity contribution in [3.8, 4) is 0 Å². The number of anilines is 1. The molecule has 2 N–H and O–H groups in total. The number of carbonyl (C=O) groups is 1. The average Bonchev–Trinajstić information content (AvgIpc) is 2.45. The highest BCUT2D eigenvalue weighted by Crippen LogP contribution is 2.13. The lowest BCUT2D eigenvalue weighted by molar-refractivity contribution is -0.117. The molecular weight excluding hydrogens is 278 g/mol. The molecule has 0 saturated carbocycles. The van der Waals surface area contributed by atoms with Gasteiger partial charge < -0.3 is 10.4 Å². The second-order valence-corrected chi connectivity index (χ2v) is 4.88. The minimum atomic E-state index is -0.990. The predicted octanol–water partition coefficient (Wildman–Crippen LogP) is 2.39. The standard InChI is InChI=1S/C15H22F2N2O2/c1-2-3-7-19(8-4-9-20)11-15(21)18-12-5-6-13(16)14(17)10-12/h5-6,10,20H,2-4,7-9,11H2,1H3,(H,18,21). The fourth-order valence-corrected chi connectivity index (χ4v) is 1.92. The van der Waals surface area contributed by atoms with E-state index in [9.17, 15) is 13.6 Å². The Bertz CT molecular complexity index is 447. The number of rotatable bonds is 9. The number of benzene rings is 1. The zero-order chi connectivity index (χ0) is 15.7.